The molecule has 0 unspecified atom stereocenters. The van der Waals surface area contributed by atoms with Crippen LogP contribution in [0.3, 0.4) is 0 Å². The fraction of sp³-hybridized carbons (Fsp3) is 0.400. The van der Waals surface area contributed by atoms with Gasteiger partial charge >= 0.3 is 0 Å². The predicted octanol–water partition coefficient (Wildman–Crippen LogP) is 5.36. The van der Waals surface area contributed by atoms with Crippen LogP contribution >= 0.6 is 12.4 Å². The second-order valence-corrected chi connectivity index (χ2v) is 7.63. The fourth-order valence-corrected chi connectivity index (χ4v) is 4.30. The average Bonchev–Trinajstić information content (AvgIpc) is 2.75. The van der Waals surface area contributed by atoms with Crippen molar-refractivity contribution < 1.29 is 4.79 Å². The minimum atomic E-state index is 0. The lowest BCUT2D eigenvalue weighted by Crippen LogP contribution is -2.53. The molecule has 2 aromatic carbocycles. The molecule has 1 heterocycles. The van der Waals surface area contributed by atoms with E-state index < -0.39 is 0 Å². The average molecular weight is 413 g/mol. The highest BCUT2D eigenvalue weighted by Gasteiger charge is 2.35. The number of hydrogen-bond donors (Lipinski definition) is 0. The van der Waals surface area contributed by atoms with E-state index >= 15 is 0 Å². The second-order valence-electron chi connectivity index (χ2n) is 7.63. The Hall–Kier alpha value is -2.10. The van der Waals surface area contributed by atoms with Crippen molar-refractivity contribution in [1.82, 2.24) is 4.90 Å². The summed E-state index contributed by atoms with van der Waals surface area (Å²) in [5.41, 5.74) is 2.41. The van der Waals surface area contributed by atoms with Gasteiger partial charge in [-0.1, -0.05) is 61.5 Å². The number of allylic oxidation sites excluding steroid dienone is 1. The summed E-state index contributed by atoms with van der Waals surface area (Å²) in [5, 5.41) is 0. The van der Waals surface area contributed by atoms with Crippen LogP contribution in [0.2, 0.25) is 0 Å². The summed E-state index contributed by atoms with van der Waals surface area (Å²) in [6.45, 7) is 9.05. The van der Waals surface area contributed by atoms with Gasteiger partial charge in [0, 0.05) is 37.8 Å². The molecule has 0 radical (unpaired) electrons. The van der Waals surface area contributed by atoms with Gasteiger partial charge in [0.05, 0.1) is 0 Å². The van der Waals surface area contributed by atoms with Gasteiger partial charge < -0.3 is 9.80 Å². The monoisotopic (exact) mass is 412 g/mol. The molecule has 1 aliphatic heterocycles. The van der Waals surface area contributed by atoms with Gasteiger partial charge in [0.2, 0.25) is 5.91 Å². The van der Waals surface area contributed by atoms with Crippen LogP contribution in [0.25, 0.3) is 0 Å². The van der Waals surface area contributed by atoms with E-state index in [0.29, 0.717) is 12.3 Å². The number of amides is 1. The van der Waals surface area contributed by atoms with Crippen molar-refractivity contribution in [2.24, 2.45) is 5.92 Å². The van der Waals surface area contributed by atoms with Gasteiger partial charge in [0.25, 0.3) is 0 Å². The molecule has 29 heavy (non-hydrogen) atoms. The summed E-state index contributed by atoms with van der Waals surface area (Å²) < 4.78 is 0. The fourth-order valence-electron chi connectivity index (χ4n) is 4.30. The molecule has 0 bridgehead atoms. The van der Waals surface area contributed by atoms with Gasteiger partial charge in [0.15, 0.2) is 0 Å². The van der Waals surface area contributed by atoms with Crippen LogP contribution < -0.4 is 4.90 Å². The molecule has 0 aliphatic carbocycles. The molecule has 4 heteroatoms. The first-order valence-electron chi connectivity index (χ1n) is 10.5. The first-order chi connectivity index (χ1) is 13.7. The Morgan fingerprint density at radius 1 is 1.14 bits per heavy atom. The third kappa shape index (κ3) is 6.19. The number of benzene rings is 2. The Morgan fingerprint density at radius 2 is 1.79 bits per heavy atom. The molecule has 2 aromatic rings. The van der Waals surface area contributed by atoms with E-state index in [9.17, 15) is 4.79 Å². The van der Waals surface area contributed by atoms with Gasteiger partial charge in [-0.3, -0.25) is 4.79 Å². The molecule has 1 saturated heterocycles. The van der Waals surface area contributed by atoms with Gasteiger partial charge in [0.1, 0.15) is 0 Å². The highest BCUT2D eigenvalue weighted by molar-refractivity contribution is 5.93. The zero-order chi connectivity index (χ0) is 19.8. The van der Waals surface area contributed by atoms with Crippen LogP contribution in [0, 0.1) is 5.92 Å². The van der Waals surface area contributed by atoms with E-state index in [1.54, 1.807) is 0 Å². The van der Waals surface area contributed by atoms with E-state index in [2.05, 4.69) is 58.8 Å². The smallest absolute Gasteiger partial charge is 0.226 e. The standard InChI is InChI=1S/C25H32N2O.ClH/c1-3-11-22-20-26(18-16-21-12-7-5-8-13-21)19-17-24(22)27(25(28)4-2)23-14-9-6-10-15-23;/h3,5-10,12-15,22,24H,1,4,11,16-20H2,2H3;1H/t22-,24+;/m0./s1. The number of rotatable bonds is 8. The molecule has 3 nitrogen and oxygen atoms in total. The van der Waals surface area contributed by atoms with Crippen molar-refractivity contribution in [3.05, 3.63) is 78.9 Å². The Bertz CT molecular complexity index is 750. The predicted molar refractivity (Wildman–Crippen MR) is 125 cm³/mol. The largest absolute Gasteiger partial charge is 0.309 e. The Kier molecular flexibility index (Phi) is 9.43. The minimum Gasteiger partial charge on any atom is -0.309 e. The van der Waals surface area contributed by atoms with Crippen LogP contribution in [0.15, 0.2) is 73.3 Å². The molecule has 0 aromatic heterocycles. The third-order valence-electron chi connectivity index (χ3n) is 5.74. The van der Waals surface area contributed by atoms with Crippen molar-refractivity contribution in [2.45, 2.75) is 38.6 Å². The number of carbonyl (C=O) groups excluding carboxylic acids is 1. The van der Waals surface area contributed by atoms with Crippen LogP contribution in [0.1, 0.15) is 31.7 Å². The van der Waals surface area contributed by atoms with Crippen molar-refractivity contribution in [3.63, 3.8) is 0 Å². The maximum Gasteiger partial charge on any atom is 0.226 e. The molecule has 2 atom stereocenters. The minimum absolute atomic E-state index is 0. The maximum atomic E-state index is 12.8. The van der Waals surface area contributed by atoms with E-state index in [4.69, 9.17) is 0 Å². The molecule has 0 saturated carbocycles. The van der Waals surface area contributed by atoms with Crippen LogP contribution in [-0.2, 0) is 11.2 Å². The normalized spacial score (nSPS) is 19.2. The molecular formula is C25H33ClN2O. The first-order valence-corrected chi connectivity index (χ1v) is 10.5. The first kappa shape index (κ1) is 23.2. The van der Waals surface area contributed by atoms with Crippen molar-refractivity contribution >= 4 is 24.0 Å². The lowest BCUT2D eigenvalue weighted by Gasteiger charge is -2.44. The van der Waals surface area contributed by atoms with E-state index in [0.717, 1.165) is 44.6 Å². The van der Waals surface area contributed by atoms with Gasteiger partial charge in [-0.2, -0.15) is 0 Å². The molecule has 0 spiro atoms. The molecule has 1 aliphatic rings. The number of nitrogens with zero attached hydrogens (tertiary/aromatic N) is 2. The van der Waals surface area contributed by atoms with E-state index in [-0.39, 0.29) is 24.4 Å². The highest BCUT2D eigenvalue weighted by Crippen LogP contribution is 2.30. The molecule has 3 rings (SSSR count). The van der Waals surface area contributed by atoms with Gasteiger partial charge in [-0.25, -0.2) is 0 Å². The quantitative estimate of drug-likeness (QED) is 0.545. The summed E-state index contributed by atoms with van der Waals surface area (Å²) in [4.78, 5) is 17.5. The van der Waals surface area contributed by atoms with E-state index in [1.807, 2.05) is 31.2 Å². The Labute approximate surface area is 181 Å². The second kappa shape index (κ2) is 11.8. The van der Waals surface area contributed by atoms with Crippen molar-refractivity contribution in [3.8, 4) is 0 Å². The summed E-state index contributed by atoms with van der Waals surface area (Å²) >= 11 is 0. The topological polar surface area (TPSA) is 23.6 Å². The molecule has 0 N–H and O–H groups in total. The third-order valence-corrected chi connectivity index (χ3v) is 5.74. The lowest BCUT2D eigenvalue weighted by atomic mass is 9.87. The summed E-state index contributed by atoms with van der Waals surface area (Å²) in [6, 6.07) is 21.1. The number of anilines is 1. The van der Waals surface area contributed by atoms with Crippen LogP contribution in [0.4, 0.5) is 5.69 Å². The Balaban J connectivity index is 0.00000300. The number of para-hydroxylation sites is 1. The van der Waals surface area contributed by atoms with Gasteiger partial charge in [-0.15, -0.1) is 19.0 Å². The number of piperidine rings is 1. The highest BCUT2D eigenvalue weighted by atomic mass is 35.5. The molecule has 1 amide bonds. The number of carbonyl (C=O) groups is 1. The Morgan fingerprint density at radius 3 is 2.41 bits per heavy atom. The van der Waals surface area contributed by atoms with Gasteiger partial charge in [-0.05, 0) is 42.9 Å². The van der Waals surface area contributed by atoms with Crippen LogP contribution in [0.5, 0.6) is 0 Å². The molecule has 156 valence electrons. The summed E-state index contributed by atoms with van der Waals surface area (Å²) in [7, 11) is 0. The summed E-state index contributed by atoms with van der Waals surface area (Å²) in [5.74, 6) is 0.626. The summed E-state index contributed by atoms with van der Waals surface area (Å²) in [6.07, 6.45) is 5.56. The maximum absolute atomic E-state index is 12.8. The number of halogens is 1. The van der Waals surface area contributed by atoms with Crippen molar-refractivity contribution in [2.75, 3.05) is 24.5 Å². The zero-order valence-electron chi connectivity index (χ0n) is 17.4. The van der Waals surface area contributed by atoms with E-state index in [1.165, 1.54) is 5.56 Å². The molecular weight excluding hydrogens is 380 g/mol. The van der Waals surface area contributed by atoms with Crippen LogP contribution in [-0.4, -0.2) is 36.5 Å². The SMILES string of the molecule is C=CC[C@H]1CN(CCc2ccccc2)CC[C@H]1N(C(=O)CC)c1ccccc1.Cl. The lowest BCUT2D eigenvalue weighted by molar-refractivity contribution is -0.119. The number of hydrogen-bond acceptors (Lipinski definition) is 2. The zero-order valence-corrected chi connectivity index (χ0v) is 18.2. The molecule has 1 fully saturated rings. The van der Waals surface area contributed by atoms with Crippen molar-refractivity contribution in [1.29, 1.82) is 0 Å². The number of likely N-dealkylation sites (tertiary alicyclic amines) is 1.